The third-order valence-electron chi connectivity index (χ3n) is 7.55. The number of anilines is 1. The summed E-state index contributed by atoms with van der Waals surface area (Å²) in [5, 5.41) is 3.22. The lowest BCUT2D eigenvalue weighted by molar-refractivity contribution is -0.140. The Bertz CT molecular complexity index is 1740. The molecule has 0 bridgehead atoms. The summed E-state index contributed by atoms with van der Waals surface area (Å²) in [5.41, 5.74) is 1.80. The van der Waals surface area contributed by atoms with Crippen molar-refractivity contribution in [1.29, 1.82) is 0 Å². The van der Waals surface area contributed by atoms with Crippen LogP contribution in [0.5, 0.6) is 5.75 Å². The normalized spacial score (nSPS) is 12.5. The number of hydrogen-bond acceptors (Lipinski definition) is 5. The molecule has 0 aliphatic heterocycles. The van der Waals surface area contributed by atoms with Gasteiger partial charge >= 0.3 is 0 Å². The Morgan fingerprint density at radius 2 is 1.57 bits per heavy atom. The van der Waals surface area contributed by atoms with Crippen LogP contribution < -0.4 is 14.4 Å². The van der Waals surface area contributed by atoms with E-state index in [9.17, 15) is 18.0 Å². The first-order valence-corrected chi connectivity index (χ1v) is 17.4. The van der Waals surface area contributed by atoms with Gasteiger partial charge in [0.25, 0.3) is 10.0 Å². The molecule has 0 radical (unpaired) electrons. The average molecular weight is 727 g/mol. The van der Waals surface area contributed by atoms with E-state index < -0.39 is 28.5 Å². The molecule has 2 atom stereocenters. The largest absolute Gasteiger partial charge is 0.495 e. The Kier molecular flexibility index (Phi) is 12.3. The minimum atomic E-state index is -4.25. The van der Waals surface area contributed by atoms with Crippen LogP contribution in [0.3, 0.4) is 0 Å². The SMILES string of the molecule is CC[C@H](C)NC(=O)[C@@H](Cc1ccccc1)N(Cc1cccc(Br)c1)C(=O)CN(c1ccc(OC)c(Cl)c1)S(=O)(=O)c1ccccc1. The molecular formula is C35H37BrClN3O5S. The Morgan fingerprint density at radius 1 is 0.913 bits per heavy atom. The number of nitrogens with one attached hydrogen (secondary N) is 1. The molecule has 0 fully saturated rings. The van der Waals surface area contributed by atoms with E-state index in [0.29, 0.717) is 12.2 Å². The lowest BCUT2D eigenvalue weighted by Gasteiger charge is -2.34. The van der Waals surface area contributed by atoms with Crippen LogP contribution in [-0.2, 0) is 32.6 Å². The van der Waals surface area contributed by atoms with Crippen molar-refractivity contribution in [3.8, 4) is 5.75 Å². The van der Waals surface area contributed by atoms with Gasteiger partial charge in [-0.3, -0.25) is 13.9 Å². The number of sulfonamides is 1. The smallest absolute Gasteiger partial charge is 0.264 e. The monoisotopic (exact) mass is 725 g/mol. The molecule has 11 heteroatoms. The van der Waals surface area contributed by atoms with Crippen molar-refractivity contribution in [2.75, 3.05) is 18.0 Å². The number of amides is 2. The second-order valence-corrected chi connectivity index (χ2v) is 14.0. The molecular weight excluding hydrogens is 690 g/mol. The highest BCUT2D eigenvalue weighted by molar-refractivity contribution is 9.10. The molecule has 0 aliphatic rings. The van der Waals surface area contributed by atoms with Crippen molar-refractivity contribution in [3.63, 3.8) is 0 Å². The molecule has 0 saturated carbocycles. The molecule has 242 valence electrons. The van der Waals surface area contributed by atoms with Crippen molar-refractivity contribution < 1.29 is 22.7 Å². The number of ether oxygens (including phenoxy) is 1. The zero-order valence-corrected chi connectivity index (χ0v) is 29.1. The van der Waals surface area contributed by atoms with Crippen LogP contribution in [0.4, 0.5) is 5.69 Å². The Labute approximate surface area is 284 Å². The van der Waals surface area contributed by atoms with Gasteiger partial charge < -0.3 is 15.0 Å². The van der Waals surface area contributed by atoms with Crippen LogP contribution in [-0.4, -0.2) is 50.9 Å². The Balaban J connectivity index is 1.83. The molecule has 0 saturated heterocycles. The Hall–Kier alpha value is -3.86. The fraction of sp³-hybridized carbons (Fsp3) is 0.257. The zero-order chi connectivity index (χ0) is 33.3. The van der Waals surface area contributed by atoms with Crippen molar-refractivity contribution in [2.45, 2.75) is 50.2 Å². The number of carbonyl (C=O) groups excluding carboxylic acids is 2. The van der Waals surface area contributed by atoms with Gasteiger partial charge in [0, 0.05) is 23.5 Å². The number of methoxy groups -OCH3 is 1. The van der Waals surface area contributed by atoms with Crippen LogP contribution in [0.1, 0.15) is 31.4 Å². The summed E-state index contributed by atoms with van der Waals surface area (Å²) in [4.78, 5) is 30.0. The van der Waals surface area contributed by atoms with Gasteiger partial charge in [0.15, 0.2) is 0 Å². The quantitative estimate of drug-likeness (QED) is 0.153. The molecule has 2 amide bonds. The lowest BCUT2D eigenvalue weighted by Crippen LogP contribution is -2.54. The summed E-state index contributed by atoms with van der Waals surface area (Å²) in [7, 11) is -2.79. The van der Waals surface area contributed by atoms with Crippen molar-refractivity contribution >= 4 is 55.1 Å². The van der Waals surface area contributed by atoms with Gasteiger partial charge in [0.2, 0.25) is 11.8 Å². The molecule has 0 aliphatic carbocycles. The first kappa shape index (κ1) is 35.0. The highest BCUT2D eigenvalue weighted by Crippen LogP contribution is 2.32. The summed E-state index contributed by atoms with van der Waals surface area (Å²) in [6, 6.07) is 28.2. The maximum atomic E-state index is 14.6. The minimum absolute atomic E-state index is 0.00336. The molecule has 0 spiro atoms. The molecule has 1 N–H and O–H groups in total. The van der Waals surface area contributed by atoms with Crippen molar-refractivity contribution in [2.24, 2.45) is 0 Å². The van der Waals surface area contributed by atoms with Gasteiger partial charge in [-0.25, -0.2) is 8.42 Å². The molecule has 4 aromatic carbocycles. The van der Waals surface area contributed by atoms with Crippen LogP contribution in [0.2, 0.25) is 5.02 Å². The second-order valence-electron chi connectivity index (χ2n) is 10.8. The number of carbonyl (C=O) groups is 2. The number of benzene rings is 4. The topological polar surface area (TPSA) is 96.0 Å². The standard InChI is InChI=1S/C35H37BrClN3O5S/c1-4-25(2)38-35(42)32(21-26-12-7-5-8-13-26)39(23-27-14-11-15-28(36)20-27)34(41)24-40(29-18-19-33(45-3)31(37)22-29)46(43,44)30-16-9-6-10-17-30/h5-20,22,25,32H,4,21,23-24H2,1-3H3,(H,38,42)/t25-,32+/m0/s1. The first-order valence-electron chi connectivity index (χ1n) is 14.8. The highest BCUT2D eigenvalue weighted by atomic mass is 79.9. The fourth-order valence-electron chi connectivity index (χ4n) is 4.89. The maximum absolute atomic E-state index is 14.6. The molecule has 46 heavy (non-hydrogen) atoms. The summed E-state index contributed by atoms with van der Waals surface area (Å²) < 4.78 is 35.4. The van der Waals surface area contributed by atoms with Gasteiger partial charge in [-0.05, 0) is 66.9 Å². The summed E-state index contributed by atoms with van der Waals surface area (Å²) in [6.45, 7) is 3.34. The van der Waals surface area contributed by atoms with E-state index >= 15 is 0 Å². The Morgan fingerprint density at radius 3 is 2.17 bits per heavy atom. The summed E-state index contributed by atoms with van der Waals surface area (Å²) >= 11 is 9.94. The lowest BCUT2D eigenvalue weighted by atomic mass is 10.0. The van der Waals surface area contributed by atoms with E-state index in [4.69, 9.17) is 16.3 Å². The molecule has 0 heterocycles. The van der Waals surface area contributed by atoms with Crippen molar-refractivity contribution in [3.05, 3.63) is 124 Å². The fourth-order valence-corrected chi connectivity index (χ4v) is 7.01. The van der Waals surface area contributed by atoms with E-state index in [2.05, 4.69) is 21.2 Å². The van der Waals surface area contributed by atoms with Gasteiger partial charge in [-0.15, -0.1) is 0 Å². The van der Waals surface area contributed by atoms with Crippen LogP contribution in [0.15, 0.2) is 112 Å². The third kappa shape index (κ3) is 8.90. The van der Waals surface area contributed by atoms with Crippen molar-refractivity contribution in [1.82, 2.24) is 10.2 Å². The zero-order valence-electron chi connectivity index (χ0n) is 25.9. The van der Waals surface area contributed by atoms with Crippen LogP contribution in [0, 0.1) is 0 Å². The number of rotatable bonds is 14. The number of nitrogens with zero attached hydrogens (tertiary/aromatic N) is 2. The summed E-state index contributed by atoms with van der Waals surface area (Å²) in [6.07, 6.45) is 0.924. The molecule has 0 aromatic heterocycles. The first-order chi connectivity index (χ1) is 22.0. The molecule has 4 aromatic rings. The van der Waals surface area contributed by atoms with Gasteiger partial charge in [-0.2, -0.15) is 0 Å². The predicted molar refractivity (Wildman–Crippen MR) is 185 cm³/mol. The highest BCUT2D eigenvalue weighted by Gasteiger charge is 2.35. The van der Waals surface area contributed by atoms with Gasteiger partial charge in [-0.1, -0.05) is 95.1 Å². The molecule has 0 unspecified atom stereocenters. The molecule has 4 rings (SSSR count). The number of halogens is 2. The van der Waals surface area contributed by atoms with E-state index in [0.717, 1.165) is 19.9 Å². The van der Waals surface area contributed by atoms with Gasteiger partial charge in [0.1, 0.15) is 18.3 Å². The predicted octanol–water partition coefficient (Wildman–Crippen LogP) is 6.86. The summed E-state index contributed by atoms with van der Waals surface area (Å²) in [5.74, 6) is -0.534. The van der Waals surface area contributed by atoms with Crippen LogP contribution >= 0.6 is 27.5 Å². The van der Waals surface area contributed by atoms with E-state index in [1.807, 2.05) is 68.4 Å². The second kappa shape index (κ2) is 16.1. The van der Waals surface area contributed by atoms with E-state index in [1.54, 1.807) is 24.3 Å². The van der Waals surface area contributed by atoms with Crippen LogP contribution in [0.25, 0.3) is 0 Å². The third-order valence-corrected chi connectivity index (χ3v) is 10.1. The number of hydrogen-bond donors (Lipinski definition) is 1. The minimum Gasteiger partial charge on any atom is -0.495 e. The molecule has 8 nitrogen and oxygen atoms in total. The van der Waals surface area contributed by atoms with Gasteiger partial charge in [0.05, 0.1) is 22.7 Å². The maximum Gasteiger partial charge on any atom is 0.264 e. The average Bonchev–Trinajstić information content (AvgIpc) is 3.05. The van der Waals surface area contributed by atoms with E-state index in [-0.39, 0.29) is 40.5 Å². The van der Waals surface area contributed by atoms with E-state index in [1.165, 1.54) is 36.3 Å².